The van der Waals surface area contributed by atoms with Crippen LogP contribution in [0.4, 0.5) is 0 Å². The first kappa shape index (κ1) is 10.2. The molecule has 0 aliphatic heterocycles. The summed E-state index contributed by atoms with van der Waals surface area (Å²) in [6.07, 6.45) is 8.86. The summed E-state index contributed by atoms with van der Waals surface area (Å²) in [5.74, 6) is 2.29. The Labute approximate surface area is 66.9 Å². The van der Waals surface area contributed by atoms with E-state index in [0.29, 0.717) is 0 Å². The van der Waals surface area contributed by atoms with Gasteiger partial charge in [0.05, 0.1) is 0 Å². The Morgan fingerprint density at radius 3 is 2.60 bits per heavy atom. The normalized spacial score (nSPS) is 12.2. The van der Waals surface area contributed by atoms with Crippen LogP contribution in [0.2, 0.25) is 0 Å². The molecule has 0 bridgehead atoms. The van der Waals surface area contributed by atoms with Gasteiger partial charge in [0.1, 0.15) is 0 Å². The third kappa shape index (κ3) is 8.17. The average Bonchev–Trinajstić information content (AvgIpc) is 1.97. The predicted octanol–water partition coefficient (Wildman–Crippen LogP) is 4.05. The molecule has 59 valence electrons. The van der Waals surface area contributed by atoms with Crippen molar-refractivity contribution in [3.8, 4) is 0 Å². The van der Waals surface area contributed by atoms with Crippen LogP contribution in [0.1, 0.15) is 39.5 Å². The van der Waals surface area contributed by atoms with Crippen molar-refractivity contribution in [3.63, 3.8) is 0 Å². The third-order valence-electron chi connectivity index (χ3n) is 1.31. The van der Waals surface area contributed by atoms with E-state index in [-0.39, 0.29) is 0 Å². The minimum absolute atomic E-state index is 1.25. The van der Waals surface area contributed by atoms with Crippen LogP contribution in [0.25, 0.3) is 0 Å². The number of hydrogen-bond acceptors (Lipinski definition) is 0. The molecule has 0 aliphatic carbocycles. The maximum absolute atomic E-state index is 2.29. The Hall–Kier alpha value is 0.170. The summed E-state index contributed by atoms with van der Waals surface area (Å²) in [7, 11) is 1.50. The van der Waals surface area contributed by atoms with Crippen LogP contribution in [0.3, 0.4) is 0 Å². The molecule has 0 aromatic rings. The van der Waals surface area contributed by atoms with Gasteiger partial charge in [0.15, 0.2) is 0 Å². The molecule has 0 rings (SSSR count). The summed E-state index contributed by atoms with van der Waals surface area (Å²) >= 11 is 0. The fraction of sp³-hybridized carbons (Fsp3) is 0.778. The second kappa shape index (κ2) is 9.17. The summed E-state index contributed by atoms with van der Waals surface area (Å²) in [6.45, 7) is 4.46. The molecule has 0 spiro atoms. The smallest absolute Gasteiger partial charge is 0.0250 e. The lowest BCUT2D eigenvalue weighted by Gasteiger charge is -1.90. The molecule has 0 nitrogen and oxygen atoms in total. The van der Waals surface area contributed by atoms with Gasteiger partial charge in [0.25, 0.3) is 0 Å². The van der Waals surface area contributed by atoms with Crippen molar-refractivity contribution in [1.29, 1.82) is 0 Å². The second-order valence-electron chi connectivity index (χ2n) is 2.43. The van der Waals surface area contributed by atoms with Crippen LogP contribution in [0.5, 0.6) is 0 Å². The van der Waals surface area contributed by atoms with Gasteiger partial charge in [0.2, 0.25) is 0 Å². The van der Waals surface area contributed by atoms with Gasteiger partial charge < -0.3 is 0 Å². The van der Waals surface area contributed by atoms with E-state index in [0.717, 1.165) is 0 Å². The van der Waals surface area contributed by atoms with E-state index < -0.39 is 0 Å². The van der Waals surface area contributed by atoms with Crippen LogP contribution in [0, 0.1) is 0 Å². The molecule has 0 aliphatic rings. The minimum Gasteiger partial charge on any atom is -0.0837 e. The molecule has 0 aromatic heterocycles. The van der Waals surface area contributed by atoms with Crippen LogP contribution < -0.4 is 0 Å². The lowest BCUT2D eigenvalue weighted by Crippen LogP contribution is -1.70. The molecule has 0 N–H and O–H groups in total. The van der Waals surface area contributed by atoms with Crippen molar-refractivity contribution in [2.45, 2.75) is 39.5 Å². The fourth-order valence-corrected chi connectivity index (χ4v) is 1.59. The molecular weight excluding hydrogens is 139 g/mol. The van der Waals surface area contributed by atoms with Gasteiger partial charge in [-0.3, -0.25) is 0 Å². The van der Waals surface area contributed by atoms with E-state index >= 15 is 0 Å². The zero-order chi connectivity index (χ0) is 7.66. The molecule has 0 heterocycles. The molecular formula is C9H18P. The lowest BCUT2D eigenvalue weighted by atomic mass is 10.3. The standard InChI is InChI=1S/C9H18P/c1-3-5-7-9-10-8-6-4-2/h7,9H,3-6,8H2,1-2H3/b9-7+. The quantitative estimate of drug-likeness (QED) is 0.403. The highest BCUT2D eigenvalue weighted by molar-refractivity contribution is 7.41. The highest BCUT2D eigenvalue weighted by atomic mass is 31.1. The molecule has 0 atom stereocenters. The zero-order valence-corrected chi connectivity index (χ0v) is 8.03. The van der Waals surface area contributed by atoms with Crippen molar-refractivity contribution < 1.29 is 0 Å². The minimum atomic E-state index is 1.25. The largest absolute Gasteiger partial charge is 0.0837 e. The third-order valence-corrected chi connectivity index (χ3v) is 2.30. The van der Waals surface area contributed by atoms with E-state index in [1.165, 1.54) is 40.4 Å². The summed E-state index contributed by atoms with van der Waals surface area (Å²) in [6, 6.07) is 0. The highest BCUT2D eigenvalue weighted by Gasteiger charge is 1.80. The van der Waals surface area contributed by atoms with Crippen molar-refractivity contribution in [2.24, 2.45) is 0 Å². The topological polar surface area (TPSA) is 0 Å². The Bertz CT molecular complexity index is 76.8. The van der Waals surface area contributed by atoms with Crippen LogP contribution in [0.15, 0.2) is 11.9 Å². The van der Waals surface area contributed by atoms with E-state index in [1.807, 2.05) is 0 Å². The van der Waals surface area contributed by atoms with Gasteiger partial charge in [-0.25, -0.2) is 0 Å². The first-order valence-corrected chi connectivity index (χ1v) is 5.38. The van der Waals surface area contributed by atoms with Crippen molar-refractivity contribution in [1.82, 2.24) is 0 Å². The molecule has 0 fully saturated rings. The van der Waals surface area contributed by atoms with Crippen molar-refractivity contribution >= 4 is 8.58 Å². The first-order valence-electron chi connectivity index (χ1n) is 4.23. The van der Waals surface area contributed by atoms with E-state index in [9.17, 15) is 0 Å². The Morgan fingerprint density at radius 1 is 1.20 bits per heavy atom. The second-order valence-corrected chi connectivity index (χ2v) is 3.54. The lowest BCUT2D eigenvalue weighted by molar-refractivity contribution is 0.895. The SMILES string of the molecule is CCC/C=C/[P]CCCC. The van der Waals surface area contributed by atoms with Crippen LogP contribution in [-0.4, -0.2) is 6.16 Å². The number of unbranched alkanes of at least 4 members (excludes halogenated alkanes) is 2. The van der Waals surface area contributed by atoms with Crippen LogP contribution >= 0.6 is 8.58 Å². The highest BCUT2D eigenvalue weighted by Crippen LogP contribution is 2.14. The summed E-state index contributed by atoms with van der Waals surface area (Å²) < 4.78 is 0. The van der Waals surface area contributed by atoms with E-state index in [1.54, 1.807) is 0 Å². The van der Waals surface area contributed by atoms with Gasteiger partial charge in [-0.05, 0) is 19.0 Å². The van der Waals surface area contributed by atoms with Gasteiger partial charge >= 0.3 is 0 Å². The maximum atomic E-state index is 2.29. The number of hydrogen-bond donors (Lipinski definition) is 0. The molecule has 0 aromatic carbocycles. The Balaban J connectivity index is 2.88. The first-order chi connectivity index (χ1) is 4.91. The predicted molar refractivity (Wildman–Crippen MR) is 50.7 cm³/mol. The molecule has 0 amide bonds. The van der Waals surface area contributed by atoms with Gasteiger partial charge in [-0.1, -0.05) is 47.2 Å². The molecule has 1 heteroatoms. The average molecular weight is 157 g/mol. The fourth-order valence-electron chi connectivity index (χ4n) is 0.640. The van der Waals surface area contributed by atoms with Crippen molar-refractivity contribution in [3.05, 3.63) is 11.9 Å². The van der Waals surface area contributed by atoms with Crippen LogP contribution in [-0.2, 0) is 0 Å². The zero-order valence-electron chi connectivity index (χ0n) is 7.14. The van der Waals surface area contributed by atoms with Crippen molar-refractivity contribution in [2.75, 3.05) is 6.16 Å². The van der Waals surface area contributed by atoms with E-state index in [2.05, 4.69) is 25.7 Å². The Morgan fingerprint density at radius 2 is 2.00 bits per heavy atom. The molecule has 10 heavy (non-hydrogen) atoms. The molecule has 1 radical (unpaired) electrons. The van der Waals surface area contributed by atoms with Gasteiger partial charge in [0, 0.05) is 0 Å². The summed E-state index contributed by atoms with van der Waals surface area (Å²) in [4.78, 5) is 0. The number of allylic oxidation sites excluding steroid dienone is 1. The summed E-state index contributed by atoms with van der Waals surface area (Å²) in [5.41, 5.74) is 0. The monoisotopic (exact) mass is 157 g/mol. The molecule has 0 saturated carbocycles. The maximum Gasteiger partial charge on any atom is -0.0250 e. The van der Waals surface area contributed by atoms with Gasteiger partial charge in [-0.15, -0.1) is 0 Å². The molecule has 0 unspecified atom stereocenters. The van der Waals surface area contributed by atoms with E-state index in [4.69, 9.17) is 0 Å². The molecule has 0 saturated heterocycles. The Kier molecular flexibility index (Phi) is 9.33. The summed E-state index contributed by atoms with van der Waals surface area (Å²) in [5, 5.41) is 0. The van der Waals surface area contributed by atoms with Gasteiger partial charge in [-0.2, -0.15) is 0 Å². The number of rotatable bonds is 6.